The highest BCUT2D eigenvalue weighted by Gasteiger charge is 2.19. The maximum Gasteiger partial charge on any atom is 0.349 e. The molecule has 3 heterocycles. The van der Waals surface area contributed by atoms with E-state index < -0.39 is 5.97 Å². The van der Waals surface area contributed by atoms with Gasteiger partial charge in [0, 0.05) is 30.1 Å². The zero-order chi connectivity index (χ0) is 14.8. The molecule has 0 aliphatic rings. The standard InChI is InChI=1S/C14H11BrN4O2/c1-18-13(19-4-2-3-5-19)12(9-17-18)14(20)21-11-6-10(15)7-16-8-11/h2-9H,1H3. The lowest BCUT2D eigenvalue weighted by atomic mass is 10.3. The number of carbonyl (C=O) groups is 1. The van der Waals surface area contributed by atoms with Crippen molar-refractivity contribution in [3.63, 3.8) is 0 Å². The number of aryl methyl sites for hydroxylation is 1. The fourth-order valence-electron chi connectivity index (χ4n) is 1.97. The molecule has 3 aromatic rings. The molecule has 0 amide bonds. The molecule has 0 spiro atoms. The van der Waals surface area contributed by atoms with Crippen molar-refractivity contribution in [3.05, 3.63) is 59.2 Å². The Kier molecular flexibility index (Phi) is 3.57. The number of carbonyl (C=O) groups excluding carboxylic acids is 1. The molecule has 0 radical (unpaired) electrons. The summed E-state index contributed by atoms with van der Waals surface area (Å²) in [7, 11) is 1.77. The lowest BCUT2D eigenvalue weighted by Crippen LogP contribution is -2.12. The zero-order valence-corrected chi connectivity index (χ0v) is 12.7. The largest absolute Gasteiger partial charge is 0.421 e. The van der Waals surface area contributed by atoms with E-state index >= 15 is 0 Å². The van der Waals surface area contributed by atoms with Crippen molar-refractivity contribution in [1.29, 1.82) is 0 Å². The minimum Gasteiger partial charge on any atom is -0.421 e. The molecule has 21 heavy (non-hydrogen) atoms. The van der Waals surface area contributed by atoms with E-state index in [1.54, 1.807) is 24.0 Å². The zero-order valence-electron chi connectivity index (χ0n) is 11.1. The minimum absolute atomic E-state index is 0.372. The average molecular weight is 347 g/mol. The number of hydrogen-bond donors (Lipinski definition) is 0. The van der Waals surface area contributed by atoms with Crippen LogP contribution in [-0.2, 0) is 7.05 Å². The third-order valence-corrected chi connectivity index (χ3v) is 3.30. The van der Waals surface area contributed by atoms with Gasteiger partial charge < -0.3 is 9.30 Å². The summed E-state index contributed by atoms with van der Waals surface area (Å²) in [5.41, 5.74) is 0.383. The van der Waals surface area contributed by atoms with Gasteiger partial charge in [-0.05, 0) is 34.1 Å². The number of pyridine rings is 1. The van der Waals surface area contributed by atoms with Gasteiger partial charge in [-0.1, -0.05) is 0 Å². The van der Waals surface area contributed by atoms with E-state index in [2.05, 4.69) is 26.0 Å². The van der Waals surface area contributed by atoms with E-state index in [1.165, 1.54) is 12.4 Å². The van der Waals surface area contributed by atoms with Gasteiger partial charge in [-0.15, -0.1) is 0 Å². The average Bonchev–Trinajstić information content (AvgIpc) is 3.07. The summed E-state index contributed by atoms with van der Waals surface area (Å²) < 4.78 is 9.50. The van der Waals surface area contributed by atoms with Crippen molar-refractivity contribution in [2.24, 2.45) is 7.05 Å². The molecule has 0 saturated carbocycles. The van der Waals surface area contributed by atoms with Crippen LogP contribution >= 0.6 is 15.9 Å². The van der Waals surface area contributed by atoms with Crippen LogP contribution in [-0.4, -0.2) is 25.3 Å². The van der Waals surface area contributed by atoms with E-state index in [9.17, 15) is 4.79 Å². The van der Waals surface area contributed by atoms with Crippen LogP contribution in [0, 0.1) is 0 Å². The van der Waals surface area contributed by atoms with Gasteiger partial charge in [0.25, 0.3) is 0 Å². The van der Waals surface area contributed by atoms with Crippen LogP contribution in [0.4, 0.5) is 0 Å². The summed E-state index contributed by atoms with van der Waals surface area (Å²) in [6, 6.07) is 5.43. The molecule has 0 bridgehead atoms. The molecule has 106 valence electrons. The van der Waals surface area contributed by atoms with Crippen molar-refractivity contribution < 1.29 is 9.53 Å². The molecule has 3 aromatic heterocycles. The Morgan fingerprint density at radius 3 is 2.71 bits per heavy atom. The molecule has 0 unspecified atom stereocenters. The maximum absolute atomic E-state index is 12.3. The second-order valence-corrected chi connectivity index (χ2v) is 5.24. The molecule has 0 aliphatic carbocycles. The second kappa shape index (κ2) is 5.53. The number of nitrogens with zero attached hydrogens (tertiary/aromatic N) is 4. The van der Waals surface area contributed by atoms with E-state index in [1.807, 2.05) is 29.1 Å². The molecule has 7 heteroatoms. The molecular weight excluding hydrogens is 336 g/mol. The van der Waals surface area contributed by atoms with Crippen LogP contribution < -0.4 is 4.74 Å². The number of rotatable bonds is 3. The smallest absolute Gasteiger partial charge is 0.349 e. The van der Waals surface area contributed by atoms with Crippen LogP contribution in [0.25, 0.3) is 5.82 Å². The molecule has 0 saturated heterocycles. The van der Waals surface area contributed by atoms with Crippen LogP contribution in [0.1, 0.15) is 10.4 Å². The van der Waals surface area contributed by atoms with Gasteiger partial charge >= 0.3 is 5.97 Å². The molecule has 0 aliphatic heterocycles. The van der Waals surface area contributed by atoms with Crippen molar-refractivity contribution in [2.45, 2.75) is 0 Å². The first-order valence-corrected chi connectivity index (χ1v) is 6.92. The number of halogens is 1. The highest BCUT2D eigenvalue weighted by Crippen LogP contribution is 2.19. The molecule has 0 aromatic carbocycles. The third kappa shape index (κ3) is 2.73. The third-order valence-electron chi connectivity index (χ3n) is 2.87. The minimum atomic E-state index is -0.480. The Morgan fingerprint density at radius 1 is 1.24 bits per heavy atom. The van der Waals surface area contributed by atoms with Crippen LogP contribution in [0.2, 0.25) is 0 Å². The van der Waals surface area contributed by atoms with E-state index in [-0.39, 0.29) is 0 Å². The number of esters is 1. The van der Waals surface area contributed by atoms with Crippen molar-refractivity contribution >= 4 is 21.9 Å². The predicted octanol–water partition coefficient (Wildman–Crippen LogP) is 2.59. The normalized spacial score (nSPS) is 10.6. The summed E-state index contributed by atoms with van der Waals surface area (Å²) in [5.74, 6) is 0.538. The highest BCUT2D eigenvalue weighted by atomic mass is 79.9. The van der Waals surface area contributed by atoms with Crippen molar-refractivity contribution in [3.8, 4) is 11.6 Å². The number of hydrogen-bond acceptors (Lipinski definition) is 4. The first-order valence-electron chi connectivity index (χ1n) is 6.13. The molecular formula is C14H11BrN4O2. The number of aromatic nitrogens is 4. The lowest BCUT2D eigenvalue weighted by molar-refractivity contribution is 0.0734. The fraction of sp³-hybridized carbons (Fsp3) is 0.0714. The second-order valence-electron chi connectivity index (χ2n) is 4.32. The Morgan fingerprint density at radius 2 is 2.00 bits per heavy atom. The Balaban J connectivity index is 1.92. The van der Waals surface area contributed by atoms with E-state index in [4.69, 9.17) is 4.74 Å². The van der Waals surface area contributed by atoms with Crippen LogP contribution in [0.15, 0.2) is 53.7 Å². The SMILES string of the molecule is Cn1ncc(C(=O)Oc2cncc(Br)c2)c1-n1cccc1. The summed E-state index contributed by atoms with van der Waals surface area (Å²) in [6.45, 7) is 0. The Labute approximate surface area is 129 Å². The summed E-state index contributed by atoms with van der Waals surface area (Å²) in [4.78, 5) is 16.3. The Hall–Kier alpha value is -2.41. The molecule has 0 atom stereocenters. The van der Waals surface area contributed by atoms with Gasteiger partial charge in [0.15, 0.2) is 5.75 Å². The summed E-state index contributed by atoms with van der Waals surface area (Å²) in [6.07, 6.45) is 8.27. The lowest BCUT2D eigenvalue weighted by Gasteiger charge is -2.07. The van der Waals surface area contributed by atoms with Crippen molar-refractivity contribution in [2.75, 3.05) is 0 Å². The van der Waals surface area contributed by atoms with Crippen LogP contribution in [0.3, 0.4) is 0 Å². The quantitative estimate of drug-likeness (QED) is 0.684. The van der Waals surface area contributed by atoms with Gasteiger partial charge in [0.2, 0.25) is 0 Å². The molecule has 0 fully saturated rings. The summed E-state index contributed by atoms with van der Waals surface area (Å²) in [5, 5.41) is 4.12. The van der Waals surface area contributed by atoms with E-state index in [0.29, 0.717) is 17.1 Å². The molecule has 3 rings (SSSR count). The number of ether oxygens (including phenoxy) is 1. The van der Waals surface area contributed by atoms with Gasteiger partial charge in [-0.2, -0.15) is 5.10 Å². The van der Waals surface area contributed by atoms with Crippen molar-refractivity contribution in [1.82, 2.24) is 19.3 Å². The monoisotopic (exact) mass is 346 g/mol. The van der Waals surface area contributed by atoms with E-state index in [0.717, 1.165) is 4.47 Å². The molecule has 6 nitrogen and oxygen atoms in total. The van der Waals surface area contributed by atoms with Gasteiger partial charge in [0.05, 0.1) is 12.4 Å². The first kappa shape index (κ1) is 13.6. The summed E-state index contributed by atoms with van der Waals surface area (Å²) >= 11 is 3.28. The van der Waals surface area contributed by atoms with Gasteiger partial charge in [-0.25, -0.2) is 4.79 Å². The van der Waals surface area contributed by atoms with Gasteiger partial charge in [0.1, 0.15) is 11.4 Å². The van der Waals surface area contributed by atoms with Crippen LogP contribution in [0.5, 0.6) is 5.75 Å². The highest BCUT2D eigenvalue weighted by molar-refractivity contribution is 9.10. The first-order chi connectivity index (χ1) is 10.1. The fourth-order valence-corrected chi connectivity index (χ4v) is 2.31. The van der Waals surface area contributed by atoms with Gasteiger partial charge in [-0.3, -0.25) is 9.67 Å². The maximum atomic E-state index is 12.3. The Bertz CT molecular complexity index is 780. The molecule has 0 N–H and O–H groups in total. The predicted molar refractivity (Wildman–Crippen MR) is 79.4 cm³/mol. The topological polar surface area (TPSA) is 61.9 Å².